The molecule has 0 heterocycles. The van der Waals surface area contributed by atoms with Crippen LogP contribution in [-0.4, -0.2) is 36.5 Å². The molecule has 2 atom stereocenters. The van der Waals surface area contributed by atoms with E-state index in [1.165, 1.54) is 23.3 Å². The van der Waals surface area contributed by atoms with E-state index in [4.69, 9.17) is 5.73 Å². The number of rotatable bonds is 8. The maximum absolute atomic E-state index is 6.02. The first-order valence-corrected chi connectivity index (χ1v) is 8.91. The molecule has 0 radical (unpaired) electrons. The van der Waals surface area contributed by atoms with Gasteiger partial charge in [0, 0.05) is 18.6 Å². The lowest BCUT2D eigenvalue weighted by Crippen LogP contribution is -2.37. The normalized spacial score (nSPS) is 14.8. The van der Waals surface area contributed by atoms with E-state index in [0.717, 1.165) is 0 Å². The van der Waals surface area contributed by atoms with Gasteiger partial charge in [0.25, 0.3) is 0 Å². The number of likely N-dealkylation sites (N-methyl/N-ethyl adjacent to an activating group) is 1. The molecule has 0 bridgehead atoms. The van der Waals surface area contributed by atoms with Gasteiger partial charge in [0.2, 0.25) is 0 Å². The van der Waals surface area contributed by atoms with Crippen molar-refractivity contribution in [3.8, 4) is 0 Å². The third kappa shape index (κ3) is 4.80. The van der Waals surface area contributed by atoms with Crippen LogP contribution in [0.1, 0.15) is 50.3 Å². The van der Waals surface area contributed by atoms with Crippen LogP contribution in [0.2, 0.25) is 0 Å². The molecule has 0 aliphatic carbocycles. The van der Waals surface area contributed by atoms with E-state index in [-0.39, 0.29) is 0 Å². The summed E-state index contributed by atoms with van der Waals surface area (Å²) in [6.45, 7) is 7.42. The Morgan fingerprint density at radius 2 is 1.65 bits per heavy atom. The predicted octanol–water partition coefficient (Wildman–Crippen LogP) is 3.88. The van der Waals surface area contributed by atoms with E-state index < -0.39 is 0 Å². The quantitative estimate of drug-likeness (QED) is 0.789. The second-order valence-corrected chi connectivity index (χ2v) is 6.85. The summed E-state index contributed by atoms with van der Waals surface area (Å²) < 4.78 is 0. The Hall–Kier alpha value is -0.510. The first-order chi connectivity index (χ1) is 9.51. The minimum absolute atomic E-state index is 0.313. The van der Waals surface area contributed by atoms with Crippen LogP contribution in [0.3, 0.4) is 0 Å². The molecule has 0 saturated carbocycles. The summed E-state index contributed by atoms with van der Waals surface area (Å²) in [5.74, 6) is 1.79. The molecule has 0 fully saturated rings. The topological polar surface area (TPSA) is 29.3 Å². The second kappa shape index (κ2) is 8.71. The van der Waals surface area contributed by atoms with Gasteiger partial charge in [-0.25, -0.2) is 0 Å². The van der Waals surface area contributed by atoms with Gasteiger partial charge in [-0.3, -0.25) is 4.90 Å². The van der Waals surface area contributed by atoms with Crippen LogP contribution in [-0.2, 0) is 0 Å². The number of hydrogen-bond acceptors (Lipinski definition) is 3. The molecule has 1 aromatic rings. The summed E-state index contributed by atoms with van der Waals surface area (Å²) in [4.78, 5) is 2.42. The van der Waals surface area contributed by atoms with Crippen LogP contribution in [0.4, 0.5) is 0 Å². The number of benzene rings is 1. The van der Waals surface area contributed by atoms with Crippen molar-refractivity contribution in [1.82, 2.24) is 4.90 Å². The Morgan fingerprint density at radius 3 is 2.10 bits per heavy atom. The van der Waals surface area contributed by atoms with Crippen molar-refractivity contribution in [2.24, 2.45) is 5.73 Å². The molecule has 0 aliphatic heterocycles. The Labute approximate surface area is 129 Å². The Kier molecular flexibility index (Phi) is 7.63. The lowest BCUT2D eigenvalue weighted by atomic mass is 9.98. The molecule has 0 saturated heterocycles. The summed E-state index contributed by atoms with van der Waals surface area (Å²) in [6, 6.07) is 9.83. The summed E-state index contributed by atoms with van der Waals surface area (Å²) >= 11 is 1.91. The van der Waals surface area contributed by atoms with Gasteiger partial charge in [-0.1, -0.05) is 38.1 Å². The highest BCUT2D eigenvalue weighted by Crippen LogP contribution is 2.24. The Bertz CT molecular complexity index is 375. The minimum Gasteiger partial charge on any atom is -0.329 e. The average Bonchev–Trinajstić information content (AvgIpc) is 2.45. The summed E-state index contributed by atoms with van der Waals surface area (Å²) in [6.07, 6.45) is 3.37. The highest BCUT2D eigenvalue weighted by Gasteiger charge is 2.20. The van der Waals surface area contributed by atoms with E-state index >= 15 is 0 Å². The summed E-state index contributed by atoms with van der Waals surface area (Å²) in [5, 5.41) is 0. The fourth-order valence-corrected chi connectivity index (χ4v) is 3.02. The monoisotopic (exact) mass is 294 g/mol. The van der Waals surface area contributed by atoms with Gasteiger partial charge in [-0.2, -0.15) is 11.8 Å². The fraction of sp³-hybridized carbons (Fsp3) is 0.647. The van der Waals surface area contributed by atoms with Crippen LogP contribution in [0.15, 0.2) is 24.3 Å². The zero-order chi connectivity index (χ0) is 15.1. The molecule has 114 valence electrons. The molecule has 0 aromatic heterocycles. The third-order valence-corrected chi connectivity index (χ3v) is 4.78. The average molecular weight is 295 g/mol. The maximum atomic E-state index is 6.02. The maximum Gasteiger partial charge on any atom is 0.0470 e. The Morgan fingerprint density at radius 1 is 1.10 bits per heavy atom. The molecule has 0 spiro atoms. The van der Waals surface area contributed by atoms with Gasteiger partial charge >= 0.3 is 0 Å². The molecule has 2 nitrogen and oxygen atoms in total. The molecule has 1 aromatic carbocycles. The number of nitrogens with zero attached hydrogens (tertiary/aromatic N) is 1. The first-order valence-electron chi connectivity index (χ1n) is 7.52. The van der Waals surface area contributed by atoms with Crippen molar-refractivity contribution in [3.05, 3.63) is 35.4 Å². The number of hydrogen-bond donors (Lipinski definition) is 1. The first kappa shape index (κ1) is 17.5. The molecule has 2 N–H and O–H groups in total. The number of thioether (sulfide) groups is 1. The zero-order valence-electron chi connectivity index (χ0n) is 13.6. The largest absolute Gasteiger partial charge is 0.329 e. The third-order valence-electron chi connectivity index (χ3n) is 4.14. The van der Waals surface area contributed by atoms with Crippen molar-refractivity contribution in [2.45, 2.75) is 45.2 Å². The van der Waals surface area contributed by atoms with Gasteiger partial charge in [0.05, 0.1) is 0 Å². The predicted molar refractivity (Wildman–Crippen MR) is 92.6 cm³/mol. The van der Waals surface area contributed by atoms with Gasteiger partial charge in [-0.05, 0) is 49.4 Å². The van der Waals surface area contributed by atoms with Crippen LogP contribution >= 0.6 is 11.8 Å². The lowest BCUT2D eigenvalue weighted by molar-refractivity contribution is 0.185. The van der Waals surface area contributed by atoms with Crippen molar-refractivity contribution in [2.75, 3.05) is 25.6 Å². The highest BCUT2D eigenvalue weighted by atomic mass is 32.2. The fourth-order valence-electron chi connectivity index (χ4n) is 2.44. The summed E-state index contributed by atoms with van der Waals surface area (Å²) in [5.41, 5.74) is 8.74. The standard InChI is InChI=1S/C17H30N2S/c1-13(2)15-6-8-16(9-7-15)17(12-18)19(4)14(3)10-11-20-5/h6-9,13-14,17H,10-12,18H2,1-5H3. The van der Waals surface area contributed by atoms with E-state index in [0.29, 0.717) is 24.5 Å². The molecule has 3 heteroatoms. The highest BCUT2D eigenvalue weighted by molar-refractivity contribution is 7.98. The minimum atomic E-state index is 0.313. The van der Waals surface area contributed by atoms with Crippen molar-refractivity contribution in [1.29, 1.82) is 0 Å². The molecular weight excluding hydrogens is 264 g/mol. The smallest absolute Gasteiger partial charge is 0.0470 e. The van der Waals surface area contributed by atoms with Crippen LogP contribution in [0.25, 0.3) is 0 Å². The van der Waals surface area contributed by atoms with E-state index in [2.05, 4.69) is 63.2 Å². The van der Waals surface area contributed by atoms with Crippen LogP contribution < -0.4 is 5.73 Å². The van der Waals surface area contributed by atoms with E-state index in [9.17, 15) is 0 Å². The van der Waals surface area contributed by atoms with Gasteiger partial charge < -0.3 is 5.73 Å². The van der Waals surface area contributed by atoms with Crippen molar-refractivity contribution in [3.63, 3.8) is 0 Å². The molecule has 2 unspecified atom stereocenters. The van der Waals surface area contributed by atoms with Gasteiger partial charge in [-0.15, -0.1) is 0 Å². The molecule has 0 aliphatic rings. The Balaban J connectivity index is 2.78. The SMILES string of the molecule is CSCCC(C)N(C)C(CN)c1ccc(C(C)C)cc1. The summed E-state index contributed by atoms with van der Waals surface area (Å²) in [7, 11) is 2.19. The van der Waals surface area contributed by atoms with Crippen LogP contribution in [0, 0.1) is 0 Å². The van der Waals surface area contributed by atoms with E-state index in [1.807, 2.05) is 11.8 Å². The molecular formula is C17H30N2S. The molecule has 0 amide bonds. The van der Waals surface area contributed by atoms with Crippen molar-refractivity contribution >= 4 is 11.8 Å². The molecule has 20 heavy (non-hydrogen) atoms. The zero-order valence-corrected chi connectivity index (χ0v) is 14.4. The van der Waals surface area contributed by atoms with Crippen LogP contribution in [0.5, 0.6) is 0 Å². The lowest BCUT2D eigenvalue weighted by Gasteiger charge is -2.33. The number of nitrogens with two attached hydrogens (primary N) is 1. The van der Waals surface area contributed by atoms with Crippen molar-refractivity contribution < 1.29 is 0 Å². The van der Waals surface area contributed by atoms with Gasteiger partial charge in [0.15, 0.2) is 0 Å². The second-order valence-electron chi connectivity index (χ2n) is 5.87. The van der Waals surface area contributed by atoms with E-state index in [1.54, 1.807) is 0 Å². The molecule has 1 rings (SSSR count). The van der Waals surface area contributed by atoms with Gasteiger partial charge in [0.1, 0.15) is 0 Å².